The fourth-order valence-corrected chi connectivity index (χ4v) is 4.64. The maximum absolute atomic E-state index is 12.2. The summed E-state index contributed by atoms with van der Waals surface area (Å²) in [6.07, 6.45) is 1.60. The van der Waals surface area contributed by atoms with Crippen LogP contribution in [0, 0.1) is 0 Å². The number of aromatic nitrogens is 4. The van der Waals surface area contributed by atoms with Gasteiger partial charge >= 0.3 is 0 Å². The van der Waals surface area contributed by atoms with Crippen molar-refractivity contribution in [2.75, 3.05) is 7.11 Å². The molecule has 4 rings (SSSR count). The highest BCUT2D eigenvalue weighted by atomic mass is 32.2. The van der Waals surface area contributed by atoms with E-state index in [0.29, 0.717) is 33.9 Å². The number of ether oxygens (including phenoxy) is 1. The number of hydrogen-bond donors (Lipinski definition) is 1. The minimum Gasteiger partial charge on any atom is -0.495 e. The summed E-state index contributed by atoms with van der Waals surface area (Å²) in [4.78, 5) is 16.6. The minimum absolute atomic E-state index is 0.0615. The van der Waals surface area contributed by atoms with Crippen LogP contribution >= 0.6 is 23.1 Å². The summed E-state index contributed by atoms with van der Waals surface area (Å²) in [6.45, 7) is 3.84. The van der Waals surface area contributed by atoms with Gasteiger partial charge in [-0.15, -0.1) is 21.5 Å². The van der Waals surface area contributed by atoms with Crippen LogP contribution in [-0.4, -0.2) is 38.8 Å². The van der Waals surface area contributed by atoms with Crippen molar-refractivity contribution in [3.05, 3.63) is 58.7 Å². The van der Waals surface area contributed by atoms with E-state index in [1.165, 1.54) is 23.1 Å². The normalized spacial score (nSPS) is 11.1. The van der Waals surface area contributed by atoms with Crippen molar-refractivity contribution in [3.63, 3.8) is 0 Å². The summed E-state index contributed by atoms with van der Waals surface area (Å²) >= 11 is 2.92. The first kappa shape index (κ1) is 21.1. The molecule has 0 atom stereocenters. The molecule has 31 heavy (non-hydrogen) atoms. The average molecular weight is 456 g/mol. The molecule has 0 saturated carbocycles. The van der Waals surface area contributed by atoms with Gasteiger partial charge in [0, 0.05) is 11.4 Å². The van der Waals surface area contributed by atoms with E-state index >= 15 is 0 Å². The molecule has 0 aliphatic heterocycles. The second kappa shape index (κ2) is 9.36. The number of furan rings is 1. The second-order valence-corrected chi connectivity index (χ2v) is 8.72. The zero-order valence-corrected chi connectivity index (χ0v) is 18.9. The summed E-state index contributed by atoms with van der Waals surface area (Å²) in [6, 6.07) is 11.4. The Balaban J connectivity index is 1.62. The predicted octanol–water partition coefficient (Wildman–Crippen LogP) is 4.42. The van der Waals surface area contributed by atoms with E-state index in [1.54, 1.807) is 18.8 Å². The molecule has 160 valence electrons. The fourth-order valence-electron chi connectivity index (χ4n) is 2.90. The van der Waals surface area contributed by atoms with E-state index in [0.717, 1.165) is 10.7 Å². The Morgan fingerprint density at radius 1 is 1.26 bits per heavy atom. The highest BCUT2D eigenvalue weighted by Crippen LogP contribution is 2.34. The molecule has 0 unspecified atom stereocenters. The van der Waals surface area contributed by atoms with Crippen LogP contribution in [0.4, 0.5) is 0 Å². The largest absolute Gasteiger partial charge is 0.495 e. The van der Waals surface area contributed by atoms with Gasteiger partial charge < -0.3 is 14.5 Å². The van der Waals surface area contributed by atoms with E-state index in [9.17, 15) is 4.79 Å². The SMILES string of the molecule is COc1ccccc1-n1c(SCc2nc(C(=O)NC(C)C)cs2)nnc1-c1ccco1. The van der Waals surface area contributed by atoms with E-state index in [-0.39, 0.29) is 11.9 Å². The summed E-state index contributed by atoms with van der Waals surface area (Å²) in [7, 11) is 1.63. The molecule has 0 saturated heterocycles. The van der Waals surface area contributed by atoms with Crippen LogP contribution in [0.15, 0.2) is 57.6 Å². The molecular formula is C21H21N5O3S2. The monoisotopic (exact) mass is 455 g/mol. The molecule has 1 amide bonds. The predicted molar refractivity (Wildman–Crippen MR) is 120 cm³/mol. The highest BCUT2D eigenvalue weighted by Gasteiger charge is 2.21. The number of rotatable bonds is 8. The average Bonchev–Trinajstić information content (AvgIpc) is 3.52. The number of para-hydroxylation sites is 2. The molecule has 4 aromatic rings. The van der Waals surface area contributed by atoms with Crippen LogP contribution < -0.4 is 10.1 Å². The fraction of sp³-hybridized carbons (Fsp3) is 0.238. The lowest BCUT2D eigenvalue weighted by atomic mass is 10.3. The Morgan fingerprint density at radius 2 is 2.10 bits per heavy atom. The van der Waals surface area contributed by atoms with E-state index in [1.807, 2.05) is 54.8 Å². The number of nitrogens with zero attached hydrogens (tertiary/aromatic N) is 4. The number of amides is 1. The van der Waals surface area contributed by atoms with Gasteiger partial charge in [0.15, 0.2) is 10.9 Å². The molecule has 1 aromatic carbocycles. The number of nitrogens with one attached hydrogen (secondary N) is 1. The van der Waals surface area contributed by atoms with Crippen molar-refractivity contribution in [1.29, 1.82) is 0 Å². The smallest absolute Gasteiger partial charge is 0.270 e. The lowest BCUT2D eigenvalue weighted by molar-refractivity contribution is 0.0938. The maximum Gasteiger partial charge on any atom is 0.270 e. The summed E-state index contributed by atoms with van der Waals surface area (Å²) in [5, 5.41) is 14.8. The Hall–Kier alpha value is -3.11. The quantitative estimate of drug-likeness (QED) is 0.393. The number of hydrogen-bond acceptors (Lipinski definition) is 8. The number of thioether (sulfide) groups is 1. The Morgan fingerprint density at radius 3 is 2.84 bits per heavy atom. The van der Waals surface area contributed by atoms with Gasteiger partial charge in [-0.25, -0.2) is 4.98 Å². The van der Waals surface area contributed by atoms with Crippen LogP contribution in [0.5, 0.6) is 5.75 Å². The maximum atomic E-state index is 12.2. The number of methoxy groups -OCH3 is 1. The number of thiazole rings is 1. The van der Waals surface area contributed by atoms with Crippen LogP contribution in [0.2, 0.25) is 0 Å². The molecule has 0 aliphatic rings. The molecule has 0 radical (unpaired) electrons. The van der Waals surface area contributed by atoms with Gasteiger partial charge in [-0.2, -0.15) is 0 Å². The van der Waals surface area contributed by atoms with Gasteiger partial charge in [-0.05, 0) is 38.1 Å². The highest BCUT2D eigenvalue weighted by molar-refractivity contribution is 7.98. The van der Waals surface area contributed by atoms with Crippen molar-refractivity contribution in [1.82, 2.24) is 25.1 Å². The first-order valence-electron chi connectivity index (χ1n) is 9.57. The van der Waals surface area contributed by atoms with Gasteiger partial charge in [-0.1, -0.05) is 23.9 Å². The zero-order valence-electron chi connectivity index (χ0n) is 17.2. The van der Waals surface area contributed by atoms with E-state index < -0.39 is 0 Å². The third kappa shape index (κ3) is 4.64. The van der Waals surface area contributed by atoms with E-state index in [2.05, 4.69) is 20.5 Å². The first-order chi connectivity index (χ1) is 15.1. The van der Waals surface area contributed by atoms with Crippen molar-refractivity contribution in [3.8, 4) is 23.0 Å². The number of benzene rings is 1. The van der Waals surface area contributed by atoms with Crippen LogP contribution in [0.1, 0.15) is 29.3 Å². The topological polar surface area (TPSA) is 95.1 Å². The van der Waals surface area contributed by atoms with Crippen molar-refractivity contribution >= 4 is 29.0 Å². The Labute approximate surface area is 187 Å². The molecule has 0 aliphatic carbocycles. The number of carbonyl (C=O) groups is 1. The lowest BCUT2D eigenvalue weighted by Crippen LogP contribution is -2.30. The first-order valence-corrected chi connectivity index (χ1v) is 11.4. The molecule has 3 heterocycles. The van der Waals surface area contributed by atoms with Crippen molar-refractivity contribution < 1.29 is 13.9 Å². The molecular weight excluding hydrogens is 434 g/mol. The summed E-state index contributed by atoms with van der Waals surface area (Å²) in [5.74, 6) is 2.25. The third-order valence-corrected chi connectivity index (χ3v) is 6.20. The van der Waals surface area contributed by atoms with Gasteiger partial charge in [0.1, 0.15) is 16.5 Å². The van der Waals surface area contributed by atoms with Crippen molar-refractivity contribution in [2.45, 2.75) is 30.8 Å². The van der Waals surface area contributed by atoms with Gasteiger partial charge in [-0.3, -0.25) is 9.36 Å². The van der Waals surface area contributed by atoms with Crippen molar-refractivity contribution in [2.24, 2.45) is 0 Å². The molecule has 1 N–H and O–H groups in total. The Kier molecular flexibility index (Phi) is 6.38. The molecule has 8 nitrogen and oxygen atoms in total. The molecule has 3 aromatic heterocycles. The van der Waals surface area contributed by atoms with Gasteiger partial charge in [0.25, 0.3) is 5.91 Å². The van der Waals surface area contributed by atoms with Crippen LogP contribution in [0.3, 0.4) is 0 Å². The van der Waals surface area contributed by atoms with Gasteiger partial charge in [0.2, 0.25) is 5.82 Å². The molecule has 0 bridgehead atoms. The molecule has 10 heteroatoms. The summed E-state index contributed by atoms with van der Waals surface area (Å²) in [5.41, 5.74) is 1.23. The molecule has 0 spiro atoms. The Bertz CT molecular complexity index is 1170. The van der Waals surface area contributed by atoms with E-state index in [4.69, 9.17) is 9.15 Å². The number of carbonyl (C=O) groups excluding carboxylic acids is 1. The second-order valence-electron chi connectivity index (χ2n) is 6.83. The zero-order chi connectivity index (χ0) is 21.8. The summed E-state index contributed by atoms with van der Waals surface area (Å²) < 4.78 is 13.0. The minimum atomic E-state index is -0.167. The molecule has 0 fully saturated rings. The van der Waals surface area contributed by atoms with Crippen LogP contribution in [0.25, 0.3) is 17.3 Å². The van der Waals surface area contributed by atoms with Crippen LogP contribution in [-0.2, 0) is 5.75 Å². The third-order valence-electron chi connectivity index (χ3n) is 4.23. The van der Waals surface area contributed by atoms with Gasteiger partial charge in [0.05, 0.1) is 24.8 Å². The standard InChI is InChI=1S/C21H21N5O3S2/c1-13(2)22-20(27)14-11-30-18(23-14)12-31-21-25-24-19(17-9-6-10-29-17)26(21)15-7-4-5-8-16(15)28-3/h4-11,13H,12H2,1-3H3,(H,22,27). The lowest BCUT2D eigenvalue weighted by Gasteiger charge is -2.12.